The van der Waals surface area contributed by atoms with E-state index in [1.807, 2.05) is 13.8 Å². The van der Waals surface area contributed by atoms with Crippen molar-refractivity contribution in [3.63, 3.8) is 0 Å². The van der Waals surface area contributed by atoms with E-state index in [9.17, 15) is 19.1 Å². The molecule has 1 aromatic heterocycles. The molecule has 0 aliphatic heterocycles. The Labute approximate surface area is 166 Å². The largest absolute Gasteiger partial charge is 0.478 e. The molecule has 0 saturated carbocycles. The lowest BCUT2D eigenvalue weighted by atomic mass is 10.2. The van der Waals surface area contributed by atoms with Crippen LogP contribution in [0.4, 0.5) is 4.39 Å². The van der Waals surface area contributed by atoms with E-state index >= 15 is 0 Å². The van der Waals surface area contributed by atoms with E-state index in [1.54, 1.807) is 24.3 Å². The number of carbonyl (C=O) groups is 1. The number of rotatable bonds is 7. The van der Waals surface area contributed by atoms with Crippen LogP contribution in [0, 0.1) is 5.82 Å². The monoisotopic (exact) mass is 405 g/mol. The van der Waals surface area contributed by atoms with Gasteiger partial charge in [0.15, 0.2) is 0 Å². The summed E-state index contributed by atoms with van der Waals surface area (Å²) < 4.78 is 17.5. The second-order valence-electron chi connectivity index (χ2n) is 6.38. The van der Waals surface area contributed by atoms with Crippen molar-refractivity contribution in [3.8, 4) is 5.69 Å². The molecule has 0 amide bonds. The molecule has 0 atom stereocenters. The van der Waals surface area contributed by atoms with Crippen molar-refractivity contribution < 1.29 is 14.3 Å². The molecule has 148 valence electrons. The summed E-state index contributed by atoms with van der Waals surface area (Å²) in [4.78, 5) is 26.7. The number of hydrogen-bond acceptors (Lipinski definition) is 3. The molecular formula is C20H21ClFN3O3. The highest BCUT2D eigenvalue weighted by molar-refractivity contribution is 6.32. The first kappa shape index (κ1) is 20.1. The van der Waals surface area contributed by atoms with E-state index < -0.39 is 17.5 Å². The second kappa shape index (κ2) is 8.16. The van der Waals surface area contributed by atoms with Gasteiger partial charge in [-0.2, -0.15) is 0 Å². The van der Waals surface area contributed by atoms with Crippen LogP contribution in [0.2, 0.25) is 5.02 Å². The van der Waals surface area contributed by atoms with Crippen LogP contribution < -0.4 is 5.69 Å². The molecule has 1 N–H and O–H groups in total. The maximum atomic E-state index is 14.9. The van der Waals surface area contributed by atoms with E-state index in [-0.39, 0.29) is 16.6 Å². The maximum absolute atomic E-state index is 14.9. The number of carboxylic acids is 1. The van der Waals surface area contributed by atoms with E-state index in [2.05, 4.69) is 4.90 Å². The third-order valence-electron chi connectivity index (χ3n) is 4.85. The minimum atomic E-state index is -1.26. The number of aromatic nitrogens is 2. The van der Waals surface area contributed by atoms with Crippen molar-refractivity contribution in [3.05, 3.63) is 63.3 Å². The minimum Gasteiger partial charge on any atom is -0.478 e. The zero-order valence-corrected chi connectivity index (χ0v) is 16.4. The molecule has 0 spiro atoms. The van der Waals surface area contributed by atoms with Crippen LogP contribution in [0.15, 0.2) is 41.2 Å². The maximum Gasteiger partial charge on any atom is 0.335 e. The molecule has 1 heterocycles. The van der Waals surface area contributed by atoms with Crippen molar-refractivity contribution >= 4 is 28.6 Å². The number of halogens is 2. The summed E-state index contributed by atoms with van der Waals surface area (Å²) in [7, 11) is 0. The van der Waals surface area contributed by atoms with Gasteiger partial charge in [0, 0.05) is 13.1 Å². The van der Waals surface area contributed by atoms with Crippen LogP contribution in [-0.2, 0) is 6.54 Å². The van der Waals surface area contributed by atoms with Gasteiger partial charge in [-0.1, -0.05) is 37.6 Å². The van der Waals surface area contributed by atoms with Gasteiger partial charge in [0.2, 0.25) is 0 Å². The molecular weight excluding hydrogens is 385 g/mol. The van der Waals surface area contributed by atoms with E-state index in [4.69, 9.17) is 11.6 Å². The molecule has 28 heavy (non-hydrogen) atoms. The molecule has 3 rings (SSSR count). The molecule has 0 saturated heterocycles. The van der Waals surface area contributed by atoms with Crippen LogP contribution in [-0.4, -0.2) is 44.7 Å². The number of para-hydroxylation sites is 1. The van der Waals surface area contributed by atoms with Gasteiger partial charge < -0.3 is 10.0 Å². The minimum absolute atomic E-state index is 0.0163. The fourth-order valence-corrected chi connectivity index (χ4v) is 3.53. The summed E-state index contributed by atoms with van der Waals surface area (Å²) in [6.07, 6.45) is 0. The number of benzene rings is 2. The van der Waals surface area contributed by atoms with Crippen molar-refractivity contribution in [2.45, 2.75) is 20.4 Å². The van der Waals surface area contributed by atoms with Crippen molar-refractivity contribution in [2.24, 2.45) is 0 Å². The molecule has 3 aromatic rings. The van der Waals surface area contributed by atoms with Crippen LogP contribution in [0.25, 0.3) is 16.7 Å². The SMILES string of the molecule is CCN(CC)CCn1c(=O)n(-c2ccccc2Cl)c2c(F)cc(C(=O)O)cc21. The number of imidazole rings is 1. The average Bonchev–Trinajstić information content (AvgIpc) is 2.95. The second-order valence-corrected chi connectivity index (χ2v) is 6.79. The Kier molecular flexibility index (Phi) is 5.86. The van der Waals surface area contributed by atoms with Gasteiger partial charge in [0.25, 0.3) is 0 Å². The lowest BCUT2D eigenvalue weighted by Crippen LogP contribution is -2.31. The molecule has 0 unspecified atom stereocenters. The van der Waals surface area contributed by atoms with Crippen LogP contribution >= 0.6 is 11.6 Å². The lowest BCUT2D eigenvalue weighted by Gasteiger charge is -2.18. The van der Waals surface area contributed by atoms with Gasteiger partial charge in [0.05, 0.1) is 21.8 Å². The predicted octanol–water partition coefficient (Wildman–Crippen LogP) is 3.62. The van der Waals surface area contributed by atoms with Crippen molar-refractivity contribution in [1.29, 1.82) is 0 Å². The Morgan fingerprint density at radius 1 is 1.21 bits per heavy atom. The first-order valence-corrected chi connectivity index (χ1v) is 9.42. The Morgan fingerprint density at radius 3 is 2.50 bits per heavy atom. The van der Waals surface area contributed by atoms with E-state index in [0.29, 0.717) is 23.8 Å². The Morgan fingerprint density at radius 2 is 1.89 bits per heavy atom. The van der Waals surface area contributed by atoms with Crippen LogP contribution in [0.3, 0.4) is 0 Å². The van der Waals surface area contributed by atoms with Gasteiger partial charge in [0.1, 0.15) is 11.3 Å². The topological polar surface area (TPSA) is 67.5 Å². The molecule has 6 nitrogen and oxygen atoms in total. The molecule has 2 aromatic carbocycles. The van der Waals surface area contributed by atoms with Crippen molar-refractivity contribution in [1.82, 2.24) is 14.0 Å². The summed E-state index contributed by atoms with van der Waals surface area (Å²) in [5.74, 6) is -2.04. The van der Waals surface area contributed by atoms with E-state index in [1.165, 1.54) is 15.2 Å². The summed E-state index contributed by atoms with van der Waals surface area (Å²) in [6, 6.07) is 8.92. The third kappa shape index (κ3) is 3.55. The first-order valence-electron chi connectivity index (χ1n) is 9.04. The Balaban J connectivity index is 2.29. The van der Waals surface area contributed by atoms with Crippen LogP contribution in [0.1, 0.15) is 24.2 Å². The predicted molar refractivity (Wildman–Crippen MR) is 107 cm³/mol. The molecule has 0 aliphatic carbocycles. The lowest BCUT2D eigenvalue weighted by molar-refractivity contribution is 0.0696. The van der Waals surface area contributed by atoms with Gasteiger partial charge in [-0.05, 0) is 37.4 Å². The quantitative estimate of drug-likeness (QED) is 0.651. The number of hydrogen-bond donors (Lipinski definition) is 1. The highest BCUT2D eigenvalue weighted by Gasteiger charge is 2.22. The molecule has 8 heteroatoms. The van der Waals surface area contributed by atoms with Gasteiger partial charge >= 0.3 is 11.7 Å². The van der Waals surface area contributed by atoms with Gasteiger partial charge in [-0.25, -0.2) is 14.0 Å². The summed E-state index contributed by atoms with van der Waals surface area (Å²) in [5, 5.41) is 9.60. The molecule has 0 radical (unpaired) electrons. The smallest absolute Gasteiger partial charge is 0.335 e. The van der Waals surface area contributed by atoms with Crippen LogP contribution in [0.5, 0.6) is 0 Å². The summed E-state index contributed by atoms with van der Waals surface area (Å²) >= 11 is 6.25. The normalized spacial score (nSPS) is 11.5. The first-order chi connectivity index (χ1) is 13.4. The number of fused-ring (bicyclic) bond motifs is 1. The highest BCUT2D eigenvalue weighted by Crippen LogP contribution is 2.26. The van der Waals surface area contributed by atoms with Gasteiger partial charge in [-0.15, -0.1) is 0 Å². The average molecular weight is 406 g/mol. The summed E-state index contributed by atoms with van der Waals surface area (Å²) in [6.45, 7) is 6.53. The Hall–Kier alpha value is -2.64. The molecule has 0 aliphatic rings. The van der Waals surface area contributed by atoms with E-state index in [0.717, 1.165) is 19.2 Å². The third-order valence-corrected chi connectivity index (χ3v) is 5.17. The fourth-order valence-electron chi connectivity index (χ4n) is 3.31. The van der Waals surface area contributed by atoms with Crippen molar-refractivity contribution in [2.75, 3.05) is 19.6 Å². The number of aromatic carboxylic acids is 1. The molecule has 0 fully saturated rings. The molecule has 0 bridgehead atoms. The number of likely N-dealkylation sites (N-methyl/N-ethyl adjacent to an activating group) is 1. The zero-order valence-electron chi connectivity index (χ0n) is 15.7. The summed E-state index contributed by atoms with van der Waals surface area (Å²) in [5.41, 5.74) is -0.0746. The zero-order chi connectivity index (χ0) is 20.4. The number of nitrogens with zero attached hydrogens (tertiary/aromatic N) is 3. The standard InChI is InChI=1S/C20H21ClFN3O3/c1-3-23(4-2)9-10-24-17-12-13(19(26)27)11-15(22)18(17)25(20(24)28)16-8-6-5-7-14(16)21/h5-8,11-12H,3-4,9-10H2,1-2H3,(H,26,27). The number of carboxylic acid groups (broad SMARTS) is 1. The fraction of sp³-hybridized carbons (Fsp3) is 0.300. The van der Waals surface area contributed by atoms with Gasteiger partial charge in [-0.3, -0.25) is 9.13 Å². The Bertz CT molecular complexity index is 1090. The highest BCUT2D eigenvalue weighted by atomic mass is 35.5.